The molecule has 2 unspecified atom stereocenters. The molecule has 3 N–H and O–H groups in total. The third kappa shape index (κ3) is 3.91. The fraction of sp³-hybridized carbons (Fsp3) is 0.429. The Morgan fingerprint density at radius 2 is 2.19 bits per heavy atom. The van der Waals surface area contributed by atoms with E-state index < -0.39 is 17.8 Å². The van der Waals surface area contributed by atoms with E-state index >= 15 is 0 Å². The summed E-state index contributed by atoms with van der Waals surface area (Å²) in [4.78, 5) is 22.9. The lowest BCUT2D eigenvalue weighted by Gasteiger charge is -2.28. The Morgan fingerprint density at radius 3 is 2.86 bits per heavy atom. The molecule has 6 nitrogen and oxygen atoms in total. The second-order valence-corrected chi connectivity index (χ2v) is 4.97. The fourth-order valence-corrected chi connectivity index (χ4v) is 2.29. The highest BCUT2D eigenvalue weighted by atomic mass is 19.1. The van der Waals surface area contributed by atoms with Crippen LogP contribution in [0.5, 0.6) is 0 Å². The summed E-state index contributed by atoms with van der Waals surface area (Å²) in [6.07, 6.45) is 1.38. The number of carbonyl (C=O) groups is 2. The zero-order valence-corrected chi connectivity index (χ0v) is 11.6. The monoisotopic (exact) mass is 296 g/mol. The van der Waals surface area contributed by atoms with Gasteiger partial charge in [0, 0.05) is 12.6 Å². The Morgan fingerprint density at radius 1 is 1.43 bits per heavy atom. The van der Waals surface area contributed by atoms with Gasteiger partial charge in [-0.25, -0.2) is 14.0 Å². The summed E-state index contributed by atoms with van der Waals surface area (Å²) in [7, 11) is 0. The van der Waals surface area contributed by atoms with E-state index in [0.29, 0.717) is 19.4 Å². The van der Waals surface area contributed by atoms with Crippen molar-refractivity contribution in [3.05, 3.63) is 29.6 Å². The summed E-state index contributed by atoms with van der Waals surface area (Å²) in [5.74, 6) is -2.09. The van der Waals surface area contributed by atoms with Crippen molar-refractivity contribution in [1.29, 1.82) is 0 Å². The van der Waals surface area contributed by atoms with Crippen LogP contribution in [-0.2, 0) is 4.74 Å². The molecule has 0 spiro atoms. The summed E-state index contributed by atoms with van der Waals surface area (Å²) in [6.45, 7) is 2.46. The average molecular weight is 296 g/mol. The molecule has 1 heterocycles. The normalized spacial score (nSPS) is 21.6. The van der Waals surface area contributed by atoms with E-state index in [9.17, 15) is 14.0 Å². The molecule has 2 atom stereocenters. The molecule has 1 fully saturated rings. The minimum atomic E-state index is -1.30. The number of aromatic carboxylic acids is 1. The number of nitrogens with one attached hydrogen (secondary N) is 2. The number of para-hydroxylation sites is 1. The first kappa shape index (κ1) is 15.2. The molecule has 1 aromatic carbocycles. The van der Waals surface area contributed by atoms with Gasteiger partial charge < -0.3 is 20.5 Å². The number of carboxylic acids is 1. The number of benzene rings is 1. The molecule has 0 aliphatic carbocycles. The van der Waals surface area contributed by atoms with Crippen LogP contribution < -0.4 is 10.6 Å². The van der Waals surface area contributed by atoms with Crippen molar-refractivity contribution in [3.8, 4) is 0 Å². The van der Waals surface area contributed by atoms with Gasteiger partial charge >= 0.3 is 12.0 Å². The van der Waals surface area contributed by atoms with Gasteiger partial charge in [0.1, 0.15) is 5.82 Å². The second kappa shape index (κ2) is 6.53. The zero-order valence-electron chi connectivity index (χ0n) is 11.6. The van der Waals surface area contributed by atoms with E-state index in [-0.39, 0.29) is 23.4 Å². The van der Waals surface area contributed by atoms with Crippen LogP contribution in [0, 0.1) is 5.82 Å². The van der Waals surface area contributed by atoms with Crippen LogP contribution in [0.3, 0.4) is 0 Å². The predicted molar refractivity (Wildman–Crippen MR) is 73.9 cm³/mol. The molecule has 7 heteroatoms. The highest BCUT2D eigenvalue weighted by Crippen LogP contribution is 2.20. The Balaban J connectivity index is 2.04. The SMILES string of the molecule is CC1CC(NC(=O)Nc2c(F)cccc2C(=O)O)CCO1. The van der Waals surface area contributed by atoms with Gasteiger partial charge in [0.15, 0.2) is 0 Å². The molecule has 1 aliphatic heterocycles. The standard InChI is InChI=1S/C14H17FN2O4/c1-8-7-9(5-6-21-8)16-14(20)17-12-10(13(18)19)3-2-4-11(12)15/h2-4,8-9H,5-7H2,1H3,(H,18,19)(H2,16,17,20). The molecule has 1 aliphatic rings. The van der Waals surface area contributed by atoms with E-state index in [0.717, 1.165) is 6.07 Å². The number of halogens is 1. The molecule has 0 aromatic heterocycles. The zero-order chi connectivity index (χ0) is 15.4. The van der Waals surface area contributed by atoms with Crippen molar-refractivity contribution in [2.24, 2.45) is 0 Å². The fourth-order valence-electron chi connectivity index (χ4n) is 2.29. The third-order valence-corrected chi connectivity index (χ3v) is 3.30. The first-order valence-electron chi connectivity index (χ1n) is 6.68. The molecule has 0 saturated carbocycles. The topological polar surface area (TPSA) is 87.7 Å². The van der Waals surface area contributed by atoms with Crippen molar-refractivity contribution >= 4 is 17.7 Å². The minimum absolute atomic E-state index is 0.0482. The maximum absolute atomic E-state index is 13.7. The first-order valence-corrected chi connectivity index (χ1v) is 6.68. The third-order valence-electron chi connectivity index (χ3n) is 3.30. The Kier molecular flexibility index (Phi) is 4.74. The Hall–Kier alpha value is -2.15. The highest BCUT2D eigenvalue weighted by molar-refractivity contribution is 6.00. The number of ether oxygens (including phenoxy) is 1. The van der Waals surface area contributed by atoms with Crippen molar-refractivity contribution in [2.45, 2.75) is 31.9 Å². The van der Waals surface area contributed by atoms with Crippen LogP contribution in [-0.4, -0.2) is 35.9 Å². The molecule has 2 rings (SSSR count). The maximum atomic E-state index is 13.7. The van der Waals surface area contributed by atoms with Crippen LogP contribution in [0.15, 0.2) is 18.2 Å². The summed E-state index contributed by atoms with van der Waals surface area (Å²) in [5.41, 5.74) is -0.617. The van der Waals surface area contributed by atoms with E-state index in [2.05, 4.69) is 10.6 Å². The number of hydrogen-bond acceptors (Lipinski definition) is 3. The van der Waals surface area contributed by atoms with Gasteiger partial charge in [-0.2, -0.15) is 0 Å². The number of hydrogen-bond donors (Lipinski definition) is 3. The maximum Gasteiger partial charge on any atom is 0.337 e. The molecule has 1 aromatic rings. The summed E-state index contributed by atoms with van der Waals surface area (Å²) in [5, 5.41) is 14.0. The van der Waals surface area contributed by atoms with Gasteiger partial charge in [0.2, 0.25) is 0 Å². The number of carbonyl (C=O) groups excluding carboxylic acids is 1. The number of amides is 2. The van der Waals surface area contributed by atoms with Gasteiger partial charge in [0.25, 0.3) is 0 Å². The Labute approximate surface area is 121 Å². The van der Waals surface area contributed by atoms with Gasteiger partial charge in [-0.3, -0.25) is 0 Å². The van der Waals surface area contributed by atoms with Gasteiger partial charge in [0.05, 0.1) is 17.4 Å². The smallest absolute Gasteiger partial charge is 0.337 e. The summed E-state index contributed by atoms with van der Waals surface area (Å²) < 4.78 is 19.1. The number of rotatable bonds is 3. The molecule has 0 bridgehead atoms. The molecule has 0 radical (unpaired) electrons. The highest BCUT2D eigenvalue weighted by Gasteiger charge is 2.22. The first-order chi connectivity index (χ1) is 9.97. The van der Waals surface area contributed by atoms with Crippen molar-refractivity contribution < 1.29 is 23.8 Å². The summed E-state index contributed by atoms with van der Waals surface area (Å²) >= 11 is 0. The Bertz CT molecular complexity index is 550. The molecule has 21 heavy (non-hydrogen) atoms. The lowest BCUT2D eigenvalue weighted by Crippen LogP contribution is -2.43. The van der Waals surface area contributed by atoms with Crippen LogP contribution in [0.25, 0.3) is 0 Å². The predicted octanol–water partition coefficient (Wildman–Crippen LogP) is 2.21. The van der Waals surface area contributed by atoms with E-state index in [4.69, 9.17) is 9.84 Å². The van der Waals surface area contributed by atoms with Crippen molar-refractivity contribution in [3.63, 3.8) is 0 Å². The van der Waals surface area contributed by atoms with Gasteiger partial charge in [-0.05, 0) is 31.9 Å². The average Bonchev–Trinajstić information content (AvgIpc) is 2.40. The molecular weight excluding hydrogens is 279 g/mol. The van der Waals surface area contributed by atoms with Crippen LogP contribution >= 0.6 is 0 Å². The number of anilines is 1. The minimum Gasteiger partial charge on any atom is -0.478 e. The van der Waals surface area contributed by atoms with Crippen LogP contribution in [0.4, 0.5) is 14.9 Å². The lowest BCUT2D eigenvalue weighted by molar-refractivity contribution is 0.0157. The second-order valence-electron chi connectivity index (χ2n) is 4.97. The van der Waals surface area contributed by atoms with E-state index in [1.54, 1.807) is 0 Å². The van der Waals surface area contributed by atoms with Crippen LogP contribution in [0.2, 0.25) is 0 Å². The molecule has 114 valence electrons. The van der Waals surface area contributed by atoms with Crippen LogP contribution in [0.1, 0.15) is 30.1 Å². The summed E-state index contributed by atoms with van der Waals surface area (Å²) in [6, 6.07) is 2.91. The number of urea groups is 1. The van der Waals surface area contributed by atoms with Crippen molar-refractivity contribution in [1.82, 2.24) is 5.32 Å². The molecule has 2 amide bonds. The van der Waals surface area contributed by atoms with E-state index in [1.807, 2.05) is 6.92 Å². The number of carboxylic acid groups (broad SMARTS) is 1. The van der Waals surface area contributed by atoms with Gasteiger partial charge in [-0.15, -0.1) is 0 Å². The molecular formula is C14H17FN2O4. The molecule has 1 saturated heterocycles. The van der Waals surface area contributed by atoms with E-state index in [1.165, 1.54) is 12.1 Å². The quantitative estimate of drug-likeness (QED) is 0.798. The van der Waals surface area contributed by atoms with Crippen molar-refractivity contribution in [2.75, 3.05) is 11.9 Å². The largest absolute Gasteiger partial charge is 0.478 e. The lowest BCUT2D eigenvalue weighted by atomic mass is 10.0. The van der Waals surface area contributed by atoms with Gasteiger partial charge in [-0.1, -0.05) is 6.07 Å².